The summed E-state index contributed by atoms with van der Waals surface area (Å²) in [5.41, 5.74) is 0.284. The fourth-order valence-electron chi connectivity index (χ4n) is 2.76. The number of benzene rings is 2. The predicted molar refractivity (Wildman–Crippen MR) is 122 cm³/mol. The van der Waals surface area contributed by atoms with E-state index in [4.69, 9.17) is 11.6 Å². The number of carbonyl (C=O) groups is 1. The number of carbonyl (C=O) groups excluding carboxylic acids is 1. The molecular formula is C19H16ClINO3PS. The molecule has 0 bridgehead atoms. The maximum atomic E-state index is 12.7. The Morgan fingerprint density at radius 2 is 2.11 bits per heavy atom. The van der Waals surface area contributed by atoms with Crippen LogP contribution in [0, 0.1) is 3.57 Å². The summed E-state index contributed by atoms with van der Waals surface area (Å²) in [6, 6.07) is 13.1. The molecule has 8 heteroatoms. The average molecular weight is 528 g/mol. The van der Waals surface area contributed by atoms with Crippen molar-refractivity contribution in [3.63, 3.8) is 0 Å². The summed E-state index contributed by atoms with van der Waals surface area (Å²) >= 11 is 9.70. The number of fused-ring (bicyclic) bond motifs is 1. The predicted octanol–water partition coefficient (Wildman–Crippen LogP) is 5.89. The van der Waals surface area contributed by atoms with Gasteiger partial charge in [-0.05, 0) is 80.9 Å². The van der Waals surface area contributed by atoms with E-state index in [9.17, 15) is 14.3 Å². The summed E-state index contributed by atoms with van der Waals surface area (Å²) in [5, 5.41) is 5.64. The van der Waals surface area contributed by atoms with Crippen LogP contribution >= 0.6 is 52.9 Å². The molecule has 2 aromatic carbocycles. The zero-order valence-corrected chi connectivity index (χ0v) is 18.9. The van der Waals surface area contributed by atoms with Crippen LogP contribution in [0.15, 0.2) is 54.0 Å². The normalized spacial score (nSPS) is 15.0. The lowest BCUT2D eigenvalue weighted by atomic mass is 10.1. The molecule has 2 N–H and O–H groups in total. The first-order chi connectivity index (χ1) is 12.8. The molecule has 140 valence electrons. The average Bonchev–Trinajstić information content (AvgIpc) is 2.96. The molecular weight excluding hydrogens is 512 g/mol. The Kier molecular flexibility index (Phi) is 6.43. The van der Waals surface area contributed by atoms with E-state index in [2.05, 4.69) is 27.9 Å². The minimum atomic E-state index is -3.74. The number of nitrogens with one attached hydrogen (secondary N) is 1. The van der Waals surface area contributed by atoms with Crippen molar-refractivity contribution in [2.24, 2.45) is 0 Å². The number of thiophene rings is 1. The Bertz CT molecular complexity index is 1080. The van der Waals surface area contributed by atoms with E-state index in [0.717, 1.165) is 19.2 Å². The van der Waals surface area contributed by atoms with Crippen LogP contribution in [-0.2, 0) is 9.36 Å². The van der Waals surface area contributed by atoms with Crippen molar-refractivity contribution >= 4 is 75.0 Å². The number of halogens is 2. The first kappa shape index (κ1) is 20.6. The molecule has 0 saturated heterocycles. The van der Waals surface area contributed by atoms with Crippen molar-refractivity contribution < 1.29 is 14.3 Å². The third-order valence-electron chi connectivity index (χ3n) is 3.94. The highest BCUT2D eigenvalue weighted by Gasteiger charge is 2.36. The Morgan fingerprint density at radius 3 is 2.81 bits per heavy atom. The molecule has 4 nitrogen and oxygen atoms in total. The van der Waals surface area contributed by atoms with Crippen LogP contribution in [0.5, 0.6) is 0 Å². The third kappa shape index (κ3) is 5.00. The zero-order valence-electron chi connectivity index (χ0n) is 14.2. The monoisotopic (exact) mass is 527 g/mol. The minimum Gasteiger partial charge on any atom is -0.344 e. The van der Waals surface area contributed by atoms with Crippen LogP contribution in [0.3, 0.4) is 0 Å². The second-order valence-electron chi connectivity index (χ2n) is 6.07. The van der Waals surface area contributed by atoms with E-state index in [0.29, 0.717) is 10.6 Å². The second kappa shape index (κ2) is 8.45. The van der Waals surface area contributed by atoms with Crippen molar-refractivity contribution in [3.8, 4) is 0 Å². The fourth-order valence-corrected chi connectivity index (χ4v) is 5.81. The lowest BCUT2D eigenvalue weighted by Gasteiger charge is -2.18. The van der Waals surface area contributed by atoms with Crippen LogP contribution in [0.4, 0.5) is 0 Å². The van der Waals surface area contributed by atoms with Crippen LogP contribution < -0.4 is 5.32 Å². The standard InChI is InChI=1S/C19H16ClINO3PS/c1-26(24,25)18(16-11-27-17-6-5-13(20)10-15(16)17)19(23)22-8-7-12-3-2-4-14(21)9-12/h2-11,18H,1H3,(H,22,23)(H,24,25)/i21-4. The molecule has 0 fully saturated rings. The minimum absolute atomic E-state index is 0.517. The number of rotatable bonds is 5. The van der Waals surface area contributed by atoms with Gasteiger partial charge in [0.15, 0.2) is 0 Å². The van der Waals surface area contributed by atoms with Crippen molar-refractivity contribution in [3.05, 3.63) is 73.8 Å². The molecule has 0 radical (unpaired) electrons. The van der Waals surface area contributed by atoms with E-state index in [1.54, 1.807) is 23.6 Å². The maximum Gasteiger partial charge on any atom is 0.241 e. The highest BCUT2D eigenvalue weighted by molar-refractivity contribution is 14.1. The van der Waals surface area contributed by atoms with Gasteiger partial charge in [0.25, 0.3) is 0 Å². The van der Waals surface area contributed by atoms with Crippen LogP contribution in [-0.4, -0.2) is 17.5 Å². The summed E-state index contributed by atoms with van der Waals surface area (Å²) in [5.74, 6) is -0.523. The van der Waals surface area contributed by atoms with E-state index in [1.807, 2.05) is 30.3 Å². The van der Waals surface area contributed by atoms with Crippen LogP contribution in [0.1, 0.15) is 16.8 Å². The van der Waals surface area contributed by atoms with Gasteiger partial charge in [0.2, 0.25) is 13.3 Å². The molecule has 0 saturated carbocycles. The van der Waals surface area contributed by atoms with Gasteiger partial charge in [-0.1, -0.05) is 23.7 Å². The lowest BCUT2D eigenvalue weighted by molar-refractivity contribution is -0.120. The Morgan fingerprint density at radius 1 is 1.33 bits per heavy atom. The quantitative estimate of drug-likeness (QED) is 0.321. The number of hydrogen-bond donors (Lipinski definition) is 2. The summed E-state index contributed by atoms with van der Waals surface area (Å²) in [6.07, 6.45) is 3.25. The Labute approximate surface area is 179 Å². The van der Waals surface area contributed by atoms with Gasteiger partial charge in [0.05, 0.1) is 0 Å². The first-order valence-electron chi connectivity index (χ1n) is 7.95. The van der Waals surface area contributed by atoms with E-state index in [-0.39, 0.29) is 0 Å². The van der Waals surface area contributed by atoms with Crippen LogP contribution in [0.2, 0.25) is 5.02 Å². The molecule has 27 heavy (non-hydrogen) atoms. The molecule has 0 aliphatic rings. The van der Waals surface area contributed by atoms with E-state index in [1.165, 1.54) is 24.2 Å². The van der Waals surface area contributed by atoms with Gasteiger partial charge in [-0.15, -0.1) is 11.3 Å². The van der Waals surface area contributed by atoms with Crippen LogP contribution in [0.25, 0.3) is 16.2 Å². The lowest BCUT2D eigenvalue weighted by Crippen LogP contribution is -2.25. The van der Waals surface area contributed by atoms with Gasteiger partial charge in [0, 0.05) is 26.2 Å². The molecule has 1 heterocycles. The number of amides is 1. The molecule has 0 aliphatic heterocycles. The topological polar surface area (TPSA) is 66.4 Å². The maximum absolute atomic E-state index is 12.7. The largest absolute Gasteiger partial charge is 0.344 e. The zero-order chi connectivity index (χ0) is 19.6. The van der Waals surface area contributed by atoms with Crippen molar-refractivity contribution in [1.29, 1.82) is 0 Å². The van der Waals surface area contributed by atoms with Crippen molar-refractivity contribution in [1.82, 2.24) is 5.32 Å². The van der Waals surface area contributed by atoms with E-state index < -0.39 is 18.9 Å². The third-order valence-corrected chi connectivity index (χ3v) is 7.30. The Balaban J connectivity index is 1.89. The second-order valence-corrected chi connectivity index (χ2v) is 11.1. The van der Waals surface area contributed by atoms with Gasteiger partial charge in [-0.25, -0.2) is 0 Å². The van der Waals surface area contributed by atoms with Gasteiger partial charge in [-0.2, -0.15) is 0 Å². The van der Waals surface area contributed by atoms with Gasteiger partial charge in [-0.3, -0.25) is 9.36 Å². The molecule has 3 rings (SSSR count). The molecule has 2 atom stereocenters. The Hall–Kier alpha value is -1.18. The molecule has 1 aromatic heterocycles. The molecule has 0 aliphatic carbocycles. The molecule has 0 spiro atoms. The summed E-state index contributed by atoms with van der Waals surface area (Å²) < 4.78 is 14.5. The summed E-state index contributed by atoms with van der Waals surface area (Å²) in [4.78, 5) is 23.0. The van der Waals surface area contributed by atoms with Crippen molar-refractivity contribution in [2.75, 3.05) is 6.66 Å². The molecule has 1 amide bonds. The highest BCUT2D eigenvalue weighted by atomic mass is 123. The first-order valence-corrected chi connectivity index (χ1v) is 12.5. The van der Waals surface area contributed by atoms with Gasteiger partial charge >= 0.3 is 0 Å². The highest BCUT2D eigenvalue weighted by Crippen LogP contribution is 2.54. The summed E-state index contributed by atoms with van der Waals surface area (Å²) in [7, 11) is -3.74. The smallest absolute Gasteiger partial charge is 0.241 e. The molecule has 2 unspecified atom stereocenters. The summed E-state index contributed by atoms with van der Waals surface area (Å²) in [6.45, 7) is 1.20. The van der Waals surface area contributed by atoms with Gasteiger partial charge < -0.3 is 10.2 Å². The fraction of sp³-hybridized carbons (Fsp3) is 0.105. The molecule has 3 aromatic rings. The van der Waals surface area contributed by atoms with Crippen molar-refractivity contribution in [2.45, 2.75) is 5.66 Å². The SMILES string of the molecule is CP(=O)(O)C(C(=O)NC=Cc1cccc([123I])c1)c1csc2ccc(Cl)cc12. The van der Waals surface area contributed by atoms with Gasteiger partial charge in [0.1, 0.15) is 5.66 Å². The van der Waals surface area contributed by atoms with E-state index >= 15 is 0 Å². The number of hydrogen-bond acceptors (Lipinski definition) is 3.